The number of hydrogen-bond acceptors (Lipinski definition) is 5. The van der Waals surface area contributed by atoms with E-state index in [0.717, 1.165) is 16.4 Å². The number of halogens is 2. The summed E-state index contributed by atoms with van der Waals surface area (Å²) in [5.41, 5.74) is 0.396. The molecular formula is C25H24Cl2N2O5. The molecule has 1 aliphatic carbocycles. The number of hydrogen-bond donors (Lipinski definition) is 0. The van der Waals surface area contributed by atoms with Gasteiger partial charge in [-0.3, -0.25) is 19.2 Å². The maximum Gasteiger partial charge on any atom is 0.273 e. The second-order valence-electron chi connectivity index (χ2n) is 8.77. The van der Waals surface area contributed by atoms with E-state index in [2.05, 4.69) is 0 Å². The molecule has 0 radical (unpaired) electrons. The van der Waals surface area contributed by atoms with Crippen LogP contribution < -0.4 is 4.74 Å². The number of nitrogens with zero attached hydrogens (tertiary/aromatic N) is 2. The summed E-state index contributed by atoms with van der Waals surface area (Å²) in [7, 11) is 1.48. The normalized spacial score (nSPS) is 21.9. The molecule has 0 bridgehead atoms. The number of carbonyl (C=O) groups excluding carboxylic acids is 4. The van der Waals surface area contributed by atoms with Crippen molar-refractivity contribution < 1.29 is 23.9 Å². The zero-order chi connectivity index (χ0) is 24.6. The highest BCUT2D eigenvalue weighted by atomic mass is 35.5. The monoisotopic (exact) mass is 502 g/mol. The number of benzene rings is 2. The lowest BCUT2D eigenvalue weighted by Crippen LogP contribution is -2.52. The van der Waals surface area contributed by atoms with Crippen LogP contribution in [-0.4, -0.2) is 47.2 Å². The summed E-state index contributed by atoms with van der Waals surface area (Å²) >= 11 is 12.1. The first-order chi connectivity index (χ1) is 16.2. The minimum absolute atomic E-state index is 0.108. The summed E-state index contributed by atoms with van der Waals surface area (Å²) < 4.78 is 5.18. The van der Waals surface area contributed by atoms with Crippen LogP contribution in [-0.2, 0) is 9.59 Å². The molecule has 2 aromatic rings. The number of amides is 3. The van der Waals surface area contributed by atoms with Gasteiger partial charge in [-0.05, 0) is 55.5 Å². The lowest BCUT2D eigenvalue weighted by molar-refractivity contribution is -0.154. The average molecular weight is 503 g/mol. The molecule has 9 heteroatoms. The highest BCUT2D eigenvalue weighted by Crippen LogP contribution is 2.41. The van der Waals surface area contributed by atoms with E-state index in [9.17, 15) is 19.2 Å². The molecule has 34 heavy (non-hydrogen) atoms. The first-order valence-corrected chi connectivity index (χ1v) is 11.8. The Morgan fingerprint density at radius 3 is 2.44 bits per heavy atom. The van der Waals surface area contributed by atoms with Crippen LogP contribution in [0.15, 0.2) is 42.5 Å². The van der Waals surface area contributed by atoms with Crippen LogP contribution in [0.2, 0.25) is 10.0 Å². The zero-order valence-corrected chi connectivity index (χ0v) is 20.3. The molecule has 0 unspecified atom stereocenters. The molecule has 2 aromatic carbocycles. The van der Waals surface area contributed by atoms with Gasteiger partial charge in [0.1, 0.15) is 12.3 Å². The average Bonchev–Trinajstić information content (AvgIpc) is 3.07. The SMILES string of the molecule is COc1cccc(C(=O)CN(C(=O)c2ccc(Cl)c(Cl)c2)N2C(=O)[C@@H]3CC[C@@H](C)C[C@H]3C2=O)c1. The number of ether oxygens (including phenoxy) is 1. The minimum atomic E-state index is -0.691. The summed E-state index contributed by atoms with van der Waals surface area (Å²) in [5.74, 6) is -2.24. The first kappa shape index (κ1) is 24.2. The summed E-state index contributed by atoms with van der Waals surface area (Å²) in [6, 6.07) is 10.7. The Morgan fingerprint density at radius 1 is 1.00 bits per heavy atom. The number of rotatable bonds is 6. The van der Waals surface area contributed by atoms with E-state index in [1.165, 1.54) is 25.3 Å². The van der Waals surface area contributed by atoms with Gasteiger partial charge in [0, 0.05) is 11.1 Å². The standard InChI is InChI=1S/C25H24Cl2N2O5/c1-14-6-8-18-19(10-14)25(33)29(24(18)32)28(23(31)16-7-9-20(26)21(27)12-16)13-22(30)15-4-3-5-17(11-15)34-2/h3-5,7,9,11-12,14,18-19H,6,8,10,13H2,1-2H3/t14-,18-,19-/m1/s1. The van der Waals surface area contributed by atoms with Gasteiger partial charge in [-0.2, -0.15) is 5.01 Å². The van der Waals surface area contributed by atoms with Crippen LogP contribution in [0, 0.1) is 17.8 Å². The van der Waals surface area contributed by atoms with Crippen LogP contribution >= 0.6 is 23.2 Å². The van der Waals surface area contributed by atoms with E-state index < -0.39 is 41.9 Å². The second-order valence-corrected chi connectivity index (χ2v) is 9.58. The number of carbonyl (C=O) groups is 4. The van der Waals surface area contributed by atoms with Gasteiger partial charge in [-0.15, -0.1) is 0 Å². The van der Waals surface area contributed by atoms with Crippen LogP contribution in [0.1, 0.15) is 46.9 Å². The Hall–Kier alpha value is -2.90. The van der Waals surface area contributed by atoms with Crippen molar-refractivity contribution in [2.24, 2.45) is 17.8 Å². The highest BCUT2D eigenvalue weighted by Gasteiger charge is 2.52. The maximum atomic E-state index is 13.5. The third-order valence-electron chi connectivity index (χ3n) is 6.49. The predicted octanol–water partition coefficient (Wildman–Crippen LogP) is 4.66. The van der Waals surface area contributed by atoms with E-state index in [-0.39, 0.29) is 21.2 Å². The lowest BCUT2D eigenvalue weighted by atomic mass is 9.76. The molecule has 178 valence electrons. The molecule has 1 saturated heterocycles. The molecular weight excluding hydrogens is 479 g/mol. The van der Waals surface area contributed by atoms with Crippen LogP contribution in [0.3, 0.4) is 0 Å². The van der Waals surface area contributed by atoms with Crippen molar-refractivity contribution in [2.45, 2.75) is 26.2 Å². The van der Waals surface area contributed by atoms with Crippen molar-refractivity contribution in [1.82, 2.24) is 10.0 Å². The quantitative estimate of drug-likeness (QED) is 0.423. The van der Waals surface area contributed by atoms with E-state index >= 15 is 0 Å². The summed E-state index contributed by atoms with van der Waals surface area (Å²) in [5, 5.41) is 2.21. The Morgan fingerprint density at radius 2 is 1.74 bits per heavy atom. The minimum Gasteiger partial charge on any atom is -0.497 e. The molecule has 1 saturated carbocycles. The van der Waals surface area contributed by atoms with Gasteiger partial charge in [0.25, 0.3) is 17.7 Å². The maximum absolute atomic E-state index is 13.5. The predicted molar refractivity (Wildman–Crippen MR) is 127 cm³/mol. The fraction of sp³-hybridized carbons (Fsp3) is 0.360. The van der Waals surface area contributed by atoms with Crippen molar-refractivity contribution in [3.8, 4) is 5.75 Å². The number of ketones is 1. The van der Waals surface area contributed by atoms with Crippen LogP contribution in [0.5, 0.6) is 5.75 Å². The second kappa shape index (κ2) is 9.76. The topological polar surface area (TPSA) is 84.0 Å². The van der Waals surface area contributed by atoms with Gasteiger partial charge in [-0.1, -0.05) is 42.3 Å². The molecule has 1 aliphatic heterocycles. The van der Waals surface area contributed by atoms with E-state index in [1.54, 1.807) is 24.3 Å². The van der Waals surface area contributed by atoms with Gasteiger partial charge in [-0.25, -0.2) is 5.01 Å². The number of Topliss-reactive ketones (excluding diaryl/α,β-unsaturated/α-hetero) is 1. The molecule has 7 nitrogen and oxygen atoms in total. The van der Waals surface area contributed by atoms with Gasteiger partial charge < -0.3 is 4.74 Å². The molecule has 2 fully saturated rings. The molecule has 0 aromatic heterocycles. The molecule has 3 atom stereocenters. The van der Waals surface area contributed by atoms with Crippen molar-refractivity contribution in [2.75, 3.05) is 13.7 Å². The fourth-order valence-corrected chi connectivity index (χ4v) is 4.94. The van der Waals surface area contributed by atoms with Crippen molar-refractivity contribution in [1.29, 1.82) is 0 Å². The van der Waals surface area contributed by atoms with Gasteiger partial charge >= 0.3 is 0 Å². The molecule has 0 N–H and O–H groups in total. The van der Waals surface area contributed by atoms with Crippen molar-refractivity contribution >= 4 is 46.7 Å². The largest absolute Gasteiger partial charge is 0.497 e. The van der Waals surface area contributed by atoms with Gasteiger partial charge in [0.15, 0.2) is 5.78 Å². The highest BCUT2D eigenvalue weighted by molar-refractivity contribution is 6.42. The van der Waals surface area contributed by atoms with Crippen LogP contribution in [0.25, 0.3) is 0 Å². The molecule has 2 aliphatic rings. The van der Waals surface area contributed by atoms with Gasteiger partial charge in [0.2, 0.25) is 0 Å². The number of fused-ring (bicyclic) bond motifs is 1. The third kappa shape index (κ3) is 4.55. The first-order valence-electron chi connectivity index (χ1n) is 11.0. The lowest BCUT2D eigenvalue weighted by Gasteiger charge is -2.30. The number of methoxy groups -OCH3 is 1. The summed E-state index contributed by atoms with van der Waals surface area (Å²) in [4.78, 5) is 53.4. The molecule has 1 heterocycles. The molecule has 3 amide bonds. The van der Waals surface area contributed by atoms with Crippen molar-refractivity contribution in [3.05, 3.63) is 63.6 Å². The fourth-order valence-electron chi connectivity index (χ4n) is 4.65. The van der Waals surface area contributed by atoms with Gasteiger partial charge in [0.05, 0.1) is 29.0 Å². The van der Waals surface area contributed by atoms with E-state index in [4.69, 9.17) is 27.9 Å². The van der Waals surface area contributed by atoms with E-state index in [1.807, 2.05) is 6.92 Å². The summed E-state index contributed by atoms with van der Waals surface area (Å²) in [6.07, 6.45) is 1.98. The Bertz CT molecular complexity index is 1170. The van der Waals surface area contributed by atoms with Crippen molar-refractivity contribution in [3.63, 3.8) is 0 Å². The van der Waals surface area contributed by atoms with Crippen LogP contribution in [0.4, 0.5) is 0 Å². The number of hydrazine groups is 1. The molecule has 4 rings (SSSR count). The Balaban J connectivity index is 1.71. The number of imide groups is 1. The molecule has 0 spiro atoms. The Kier molecular flexibility index (Phi) is 6.96. The third-order valence-corrected chi connectivity index (χ3v) is 7.23. The summed E-state index contributed by atoms with van der Waals surface area (Å²) in [6.45, 7) is 1.54. The smallest absolute Gasteiger partial charge is 0.273 e. The Labute approximate surface area is 207 Å². The zero-order valence-electron chi connectivity index (χ0n) is 18.8. The van der Waals surface area contributed by atoms with E-state index in [0.29, 0.717) is 24.5 Å².